The Kier molecular flexibility index (Phi) is 4.80. The first kappa shape index (κ1) is 18.6. The van der Waals surface area contributed by atoms with Crippen molar-refractivity contribution in [1.29, 1.82) is 0 Å². The van der Waals surface area contributed by atoms with Gasteiger partial charge in [0.1, 0.15) is 18.3 Å². The first-order chi connectivity index (χ1) is 12.2. The standard InChI is InChI=1S/C19H31NO6/c1-18(2)22-11-13(24-18)14-15-16(26-19(3,4)25-15)17(23-14)20(21)10-12-8-6-5-7-9-12/h10,12-17H,5-9,11H2,1-4H3/b20-10-/t13-,14?,15?,16?,17?/m1/s1. The van der Waals surface area contributed by atoms with Crippen LogP contribution in [0.2, 0.25) is 0 Å². The summed E-state index contributed by atoms with van der Waals surface area (Å²) in [6, 6.07) is 0. The highest BCUT2D eigenvalue weighted by molar-refractivity contribution is 5.55. The van der Waals surface area contributed by atoms with Crippen LogP contribution in [0.4, 0.5) is 0 Å². The van der Waals surface area contributed by atoms with Gasteiger partial charge in [-0.1, -0.05) is 19.3 Å². The van der Waals surface area contributed by atoms with E-state index in [1.54, 1.807) is 6.21 Å². The molecule has 0 bridgehead atoms. The van der Waals surface area contributed by atoms with E-state index in [0.717, 1.165) is 17.6 Å². The van der Waals surface area contributed by atoms with Gasteiger partial charge in [0.25, 0.3) is 6.23 Å². The van der Waals surface area contributed by atoms with Crippen molar-refractivity contribution in [3.8, 4) is 0 Å². The van der Waals surface area contributed by atoms with Gasteiger partial charge < -0.3 is 28.9 Å². The summed E-state index contributed by atoms with van der Waals surface area (Å²) in [5.74, 6) is -1.07. The van der Waals surface area contributed by atoms with Crippen LogP contribution in [0.15, 0.2) is 0 Å². The van der Waals surface area contributed by atoms with E-state index in [-0.39, 0.29) is 18.3 Å². The van der Waals surface area contributed by atoms with Crippen LogP contribution < -0.4 is 0 Å². The van der Waals surface area contributed by atoms with E-state index in [1.807, 2.05) is 27.7 Å². The number of ether oxygens (including phenoxy) is 5. The zero-order chi connectivity index (χ0) is 18.5. The SMILES string of the molecule is CC1(C)OC2C(O1)C(/[N+]([O-])=C/C1CCCCC1)OC2[C@H]1COC(C)(C)O1. The highest BCUT2D eigenvalue weighted by Gasteiger charge is 2.62. The molecule has 0 amide bonds. The van der Waals surface area contributed by atoms with Crippen molar-refractivity contribution in [3.63, 3.8) is 0 Å². The van der Waals surface area contributed by atoms with Gasteiger partial charge >= 0.3 is 0 Å². The quantitative estimate of drug-likeness (QED) is 0.329. The molecular formula is C19H31NO6. The summed E-state index contributed by atoms with van der Waals surface area (Å²) in [5, 5.41) is 12.9. The minimum Gasteiger partial charge on any atom is -0.622 e. The summed E-state index contributed by atoms with van der Waals surface area (Å²) >= 11 is 0. The fourth-order valence-corrected chi connectivity index (χ4v) is 4.56. The molecule has 0 aromatic rings. The van der Waals surface area contributed by atoms with Gasteiger partial charge in [-0.25, -0.2) is 0 Å². The fraction of sp³-hybridized carbons (Fsp3) is 0.947. The van der Waals surface area contributed by atoms with Crippen molar-refractivity contribution < 1.29 is 28.4 Å². The van der Waals surface area contributed by atoms with E-state index in [2.05, 4.69) is 0 Å². The molecule has 1 aliphatic carbocycles. The fourth-order valence-electron chi connectivity index (χ4n) is 4.56. The molecular weight excluding hydrogens is 338 g/mol. The van der Waals surface area contributed by atoms with Crippen LogP contribution in [-0.4, -0.2) is 59.8 Å². The van der Waals surface area contributed by atoms with E-state index in [0.29, 0.717) is 12.5 Å². The summed E-state index contributed by atoms with van der Waals surface area (Å²) in [7, 11) is 0. The minimum atomic E-state index is -0.740. The van der Waals surface area contributed by atoms with Gasteiger partial charge in [-0.2, -0.15) is 4.74 Å². The molecule has 0 spiro atoms. The largest absolute Gasteiger partial charge is 0.622 e. The van der Waals surface area contributed by atoms with Crippen LogP contribution in [0.25, 0.3) is 0 Å². The third-order valence-corrected chi connectivity index (χ3v) is 5.72. The molecule has 4 rings (SSSR count). The summed E-state index contributed by atoms with van der Waals surface area (Å²) < 4.78 is 30.9. The number of hydrogen-bond donors (Lipinski definition) is 0. The Labute approximate surface area is 155 Å². The molecule has 7 nitrogen and oxygen atoms in total. The molecule has 0 aromatic heterocycles. The first-order valence-corrected chi connectivity index (χ1v) is 9.87. The molecule has 26 heavy (non-hydrogen) atoms. The molecule has 4 unspecified atom stereocenters. The number of fused-ring (bicyclic) bond motifs is 1. The molecule has 4 aliphatic rings. The van der Waals surface area contributed by atoms with Crippen LogP contribution in [0.1, 0.15) is 59.8 Å². The van der Waals surface area contributed by atoms with E-state index in [9.17, 15) is 5.21 Å². The third kappa shape index (κ3) is 3.64. The lowest BCUT2D eigenvalue weighted by Gasteiger charge is -2.26. The summed E-state index contributed by atoms with van der Waals surface area (Å²) in [6.45, 7) is 7.92. The van der Waals surface area contributed by atoms with Crippen LogP contribution in [0, 0.1) is 11.1 Å². The van der Waals surface area contributed by atoms with Gasteiger partial charge in [0.05, 0.1) is 6.61 Å². The third-order valence-electron chi connectivity index (χ3n) is 5.72. The number of rotatable bonds is 3. The summed E-state index contributed by atoms with van der Waals surface area (Å²) in [6.07, 6.45) is 5.42. The van der Waals surface area contributed by atoms with Gasteiger partial charge in [0, 0.05) is 5.92 Å². The van der Waals surface area contributed by atoms with Gasteiger partial charge in [-0.15, -0.1) is 0 Å². The van der Waals surface area contributed by atoms with Gasteiger partial charge in [-0.05, 0) is 40.5 Å². The zero-order valence-electron chi connectivity index (χ0n) is 16.2. The molecule has 5 atom stereocenters. The Morgan fingerprint density at radius 2 is 1.58 bits per heavy atom. The molecule has 3 heterocycles. The number of nitrogens with zero attached hydrogens (tertiary/aromatic N) is 1. The van der Waals surface area contributed by atoms with Crippen molar-refractivity contribution in [2.24, 2.45) is 5.92 Å². The Hall–Kier alpha value is -0.730. The molecule has 0 N–H and O–H groups in total. The van der Waals surface area contributed by atoms with E-state index in [4.69, 9.17) is 23.7 Å². The van der Waals surface area contributed by atoms with E-state index in [1.165, 1.54) is 19.3 Å². The maximum Gasteiger partial charge on any atom is 0.297 e. The molecule has 1 saturated carbocycles. The minimum absolute atomic E-state index is 0.275. The Balaban J connectivity index is 1.53. The first-order valence-electron chi connectivity index (χ1n) is 9.87. The van der Waals surface area contributed by atoms with Crippen molar-refractivity contribution in [3.05, 3.63) is 5.21 Å². The van der Waals surface area contributed by atoms with Crippen molar-refractivity contribution >= 4 is 6.21 Å². The topological polar surface area (TPSA) is 72.2 Å². The molecule has 3 aliphatic heterocycles. The zero-order valence-corrected chi connectivity index (χ0v) is 16.2. The Morgan fingerprint density at radius 3 is 2.23 bits per heavy atom. The predicted molar refractivity (Wildman–Crippen MR) is 93.7 cm³/mol. The lowest BCUT2D eigenvalue weighted by atomic mass is 9.90. The average molecular weight is 369 g/mol. The lowest BCUT2D eigenvalue weighted by Crippen LogP contribution is -2.40. The molecule has 0 aromatic carbocycles. The smallest absolute Gasteiger partial charge is 0.297 e. The second-order valence-electron chi connectivity index (χ2n) is 8.83. The molecule has 0 radical (unpaired) electrons. The maximum absolute atomic E-state index is 12.9. The monoisotopic (exact) mass is 369 g/mol. The van der Waals surface area contributed by atoms with Gasteiger partial charge in [0.2, 0.25) is 0 Å². The van der Waals surface area contributed by atoms with Gasteiger partial charge in [0.15, 0.2) is 23.9 Å². The van der Waals surface area contributed by atoms with Gasteiger partial charge in [-0.3, -0.25) is 0 Å². The van der Waals surface area contributed by atoms with Crippen molar-refractivity contribution in [2.45, 2.75) is 102 Å². The highest BCUT2D eigenvalue weighted by atomic mass is 16.8. The highest BCUT2D eigenvalue weighted by Crippen LogP contribution is 2.42. The second kappa shape index (κ2) is 6.71. The van der Waals surface area contributed by atoms with Crippen molar-refractivity contribution in [1.82, 2.24) is 0 Å². The average Bonchev–Trinajstić information content (AvgIpc) is 3.18. The Morgan fingerprint density at radius 1 is 0.885 bits per heavy atom. The maximum atomic E-state index is 12.9. The van der Waals surface area contributed by atoms with E-state index >= 15 is 0 Å². The molecule has 7 heteroatoms. The molecule has 148 valence electrons. The molecule has 3 saturated heterocycles. The van der Waals surface area contributed by atoms with Crippen molar-refractivity contribution in [2.75, 3.05) is 6.61 Å². The summed E-state index contributed by atoms with van der Waals surface area (Å²) in [4.78, 5) is 0. The lowest BCUT2D eigenvalue weighted by molar-refractivity contribution is -0.564. The van der Waals surface area contributed by atoms with Crippen LogP contribution in [0.3, 0.4) is 0 Å². The summed E-state index contributed by atoms with van der Waals surface area (Å²) in [5.41, 5.74) is 0. The second-order valence-corrected chi connectivity index (χ2v) is 8.83. The van der Waals surface area contributed by atoms with Crippen LogP contribution in [-0.2, 0) is 23.7 Å². The predicted octanol–water partition coefficient (Wildman–Crippen LogP) is 2.54. The number of hydroxylamine groups is 1. The Bertz CT molecular complexity index is 556. The van der Waals surface area contributed by atoms with E-state index < -0.39 is 23.9 Å². The van der Waals surface area contributed by atoms with Crippen LogP contribution in [0.5, 0.6) is 0 Å². The molecule has 4 fully saturated rings. The number of hydrogen-bond acceptors (Lipinski definition) is 6. The normalized spacial score (nSPS) is 42.9. The van der Waals surface area contributed by atoms with Crippen LogP contribution >= 0.6 is 0 Å².